The van der Waals surface area contributed by atoms with Gasteiger partial charge < -0.3 is 8.92 Å². The summed E-state index contributed by atoms with van der Waals surface area (Å²) in [6.07, 6.45) is 1.50. The molecule has 18 heavy (non-hydrogen) atoms. The third kappa shape index (κ3) is 3.42. The second kappa shape index (κ2) is 5.01. The van der Waals surface area contributed by atoms with Gasteiger partial charge in [-0.05, 0) is 18.2 Å². The molecule has 0 unspecified atom stereocenters. The minimum Gasteiger partial charge on any atom is -0.435 e. The minimum absolute atomic E-state index is 0.0532. The number of aromatic nitrogens is 1. The first-order valence-corrected chi connectivity index (χ1v) is 6.17. The molecule has 2 rings (SSSR count). The van der Waals surface area contributed by atoms with Gasteiger partial charge in [0.05, 0.1) is 0 Å². The minimum atomic E-state index is -5.09. The fraction of sp³-hybridized carbons (Fsp3) is 0. The molecule has 0 saturated carbocycles. The number of hydrogen-bond donors (Lipinski definition) is 0. The summed E-state index contributed by atoms with van der Waals surface area (Å²) < 4.78 is 42.8. The van der Waals surface area contributed by atoms with Gasteiger partial charge in [-0.3, -0.25) is 0 Å². The zero-order valence-corrected chi connectivity index (χ0v) is 9.80. The molecule has 94 valence electrons. The van der Waals surface area contributed by atoms with Gasteiger partial charge in [0.1, 0.15) is 0 Å². The lowest BCUT2D eigenvalue weighted by Gasteiger charge is -2.08. The Kier molecular flexibility index (Phi) is 3.42. The monoisotopic (exact) mass is 269 g/mol. The van der Waals surface area contributed by atoms with Gasteiger partial charge >= 0.3 is 10.5 Å². The maximum atomic E-state index is 12.5. The Labute approximate surface area is 103 Å². The standard InChI is InChI=1S/C11H8FNO4S/c12-18(14,15)17-10-6-2-1-5-9(10)16-11-7-3-4-8-13-11/h1-8H. The molecule has 1 aromatic heterocycles. The van der Waals surface area contributed by atoms with Gasteiger partial charge in [0.25, 0.3) is 0 Å². The second-order valence-corrected chi connectivity index (χ2v) is 4.15. The van der Waals surface area contributed by atoms with Crippen LogP contribution in [0.3, 0.4) is 0 Å². The van der Waals surface area contributed by atoms with Gasteiger partial charge in [-0.15, -0.1) is 0 Å². The van der Waals surface area contributed by atoms with Crippen LogP contribution in [0, 0.1) is 0 Å². The lowest BCUT2D eigenvalue weighted by molar-refractivity contribution is 0.406. The molecule has 7 heteroatoms. The van der Waals surface area contributed by atoms with E-state index in [9.17, 15) is 12.3 Å². The van der Waals surface area contributed by atoms with Crippen LogP contribution in [0.4, 0.5) is 3.89 Å². The Hall–Kier alpha value is -2.15. The first kappa shape index (κ1) is 12.3. The van der Waals surface area contributed by atoms with Crippen molar-refractivity contribution >= 4 is 10.5 Å². The number of pyridine rings is 1. The molecule has 1 aromatic carbocycles. The maximum absolute atomic E-state index is 12.5. The molecule has 0 spiro atoms. The van der Waals surface area contributed by atoms with Crippen molar-refractivity contribution in [2.24, 2.45) is 0 Å². The maximum Gasteiger partial charge on any atom is 0.488 e. The summed E-state index contributed by atoms with van der Waals surface area (Å²) in [5.74, 6) is 0.0490. The summed E-state index contributed by atoms with van der Waals surface area (Å²) in [6, 6.07) is 10.8. The van der Waals surface area contributed by atoms with Crippen LogP contribution in [0.25, 0.3) is 0 Å². The molecule has 0 radical (unpaired) electrons. The zero-order chi connectivity index (χ0) is 13.0. The third-order valence-electron chi connectivity index (χ3n) is 1.89. The van der Waals surface area contributed by atoms with Crippen molar-refractivity contribution in [3.05, 3.63) is 48.7 Å². The summed E-state index contributed by atoms with van der Waals surface area (Å²) in [5.41, 5.74) is 0. The van der Waals surface area contributed by atoms with Crippen molar-refractivity contribution in [2.75, 3.05) is 0 Å². The number of ether oxygens (including phenoxy) is 1. The van der Waals surface area contributed by atoms with Gasteiger partial charge in [0.2, 0.25) is 5.88 Å². The van der Waals surface area contributed by atoms with E-state index in [2.05, 4.69) is 9.17 Å². The molecule has 1 heterocycles. The van der Waals surface area contributed by atoms with Crippen molar-refractivity contribution in [3.63, 3.8) is 0 Å². The average Bonchev–Trinajstić information content (AvgIpc) is 2.31. The normalized spacial score (nSPS) is 10.9. The number of nitrogens with zero attached hydrogens (tertiary/aromatic N) is 1. The first-order valence-electron chi connectivity index (χ1n) is 4.86. The van der Waals surface area contributed by atoms with Crippen molar-refractivity contribution in [1.29, 1.82) is 0 Å². The molecule has 0 amide bonds. The Morgan fingerprint density at radius 1 is 1.00 bits per heavy atom. The third-order valence-corrected chi connectivity index (χ3v) is 2.27. The van der Waals surface area contributed by atoms with E-state index in [0.29, 0.717) is 0 Å². The summed E-state index contributed by atoms with van der Waals surface area (Å²) in [4.78, 5) is 3.89. The molecule has 0 fully saturated rings. The molecule has 0 aliphatic rings. The summed E-state index contributed by atoms with van der Waals surface area (Å²) in [6.45, 7) is 0. The van der Waals surface area contributed by atoms with Crippen LogP contribution in [-0.4, -0.2) is 13.4 Å². The van der Waals surface area contributed by atoms with E-state index in [0.717, 1.165) is 0 Å². The van der Waals surface area contributed by atoms with E-state index < -0.39 is 10.5 Å². The molecule has 0 aliphatic heterocycles. The highest BCUT2D eigenvalue weighted by Crippen LogP contribution is 2.31. The van der Waals surface area contributed by atoms with Crippen molar-refractivity contribution < 1.29 is 21.2 Å². The topological polar surface area (TPSA) is 65.5 Å². The van der Waals surface area contributed by atoms with E-state index in [-0.39, 0.29) is 17.4 Å². The van der Waals surface area contributed by atoms with E-state index in [1.54, 1.807) is 24.3 Å². The molecule has 0 aliphatic carbocycles. The largest absolute Gasteiger partial charge is 0.488 e. The molecular formula is C11H8FNO4S. The van der Waals surface area contributed by atoms with Gasteiger partial charge in [-0.1, -0.05) is 22.1 Å². The van der Waals surface area contributed by atoms with E-state index in [4.69, 9.17) is 4.74 Å². The highest BCUT2D eigenvalue weighted by Gasteiger charge is 2.14. The molecule has 0 N–H and O–H groups in total. The lowest BCUT2D eigenvalue weighted by atomic mass is 10.3. The molecule has 0 bridgehead atoms. The Morgan fingerprint density at radius 2 is 1.67 bits per heavy atom. The van der Waals surface area contributed by atoms with Crippen LogP contribution in [0.2, 0.25) is 0 Å². The number of rotatable bonds is 4. The predicted octanol–water partition coefficient (Wildman–Crippen LogP) is 2.47. The Morgan fingerprint density at radius 3 is 2.28 bits per heavy atom. The summed E-state index contributed by atoms with van der Waals surface area (Å²) in [7, 11) is -5.09. The zero-order valence-electron chi connectivity index (χ0n) is 8.99. The molecule has 2 aromatic rings. The fourth-order valence-corrected chi connectivity index (χ4v) is 1.58. The average molecular weight is 269 g/mol. The number of para-hydroxylation sites is 2. The van der Waals surface area contributed by atoms with Gasteiger partial charge in [-0.2, -0.15) is 8.42 Å². The van der Waals surface area contributed by atoms with Crippen LogP contribution in [-0.2, 0) is 10.5 Å². The molecule has 0 saturated heterocycles. The quantitative estimate of drug-likeness (QED) is 0.798. The van der Waals surface area contributed by atoms with Gasteiger partial charge in [0, 0.05) is 12.3 Å². The van der Waals surface area contributed by atoms with E-state index in [1.165, 1.54) is 24.4 Å². The van der Waals surface area contributed by atoms with Crippen LogP contribution in [0.1, 0.15) is 0 Å². The van der Waals surface area contributed by atoms with E-state index >= 15 is 0 Å². The molecular weight excluding hydrogens is 261 g/mol. The van der Waals surface area contributed by atoms with E-state index in [1.807, 2.05) is 0 Å². The smallest absolute Gasteiger partial charge is 0.435 e. The fourth-order valence-electron chi connectivity index (χ4n) is 1.23. The number of halogens is 1. The molecule has 0 atom stereocenters. The van der Waals surface area contributed by atoms with Crippen molar-refractivity contribution in [2.45, 2.75) is 0 Å². The number of hydrogen-bond acceptors (Lipinski definition) is 5. The summed E-state index contributed by atoms with van der Waals surface area (Å²) >= 11 is 0. The lowest BCUT2D eigenvalue weighted by Crippen LogP contribution is -2.02. The number of benzene rings is 1. The van der Waals surface area contributed by atoms with Gasteiger partial charge in [0.15, 0.2) is 11.5 Å². The summed E-state index contributed by atoms with van der Waals surface area (Å²) in [5, 5.41) is 0. The van der Waals surface area contributed by atoms with Crippen LogP contribution < -0.4 is 8.92 Å². The second-order valence-electron chi connectivity index (χ2n) is 3.19. The SMILES string of the molecule is O=S(=O)(F)Oc1ccccc1Oc1ccccn1. The highest BCUT2D eigenvalue weighted by atomic mass is 32.3. The van der Waals surface area contributed by atoms with Gasteiger partial charge in [-0.25, -0.2) is 4.98 Å². The molecule has 5 nitrogen and oxygen atoms in total. The van der Waals surface area contributed by atoms with Crippen LogP contribution >= 0.6 is 0 Å². The predicted molar refractivity (Wildman–Crippen MR) is 61.4 cm³/mol. The Balaban J connectivity index is 2.28. The Bertz CT molecular complexity index is 631. The van der Waals surface area contributed by atoms with Crippen molar-refractivity contribution in [3.8, 4) is 17.4 Å². The van der Waals surface area contributed by atoms with Crippen molar-refractivity contribution in [1.82, 2.24) is 4.98 Å². The highest BCUT2D eigenvalue weighted by molar-refractivity contribution is 7.81. The van der Waals surface area contributed by atoms with Crippen LogP contribution in [0.15, 0.2) is 48.7 Å². The first-order chi connectivity index (χ1) is 8.54. The van der Waals surface area contributed by atoms with Crippen LogP contribution in [0.5, 0.6) is 17.4 Å².